The maximum atomic E-state index is 12.5. The second kappa shape index (κ2) is 7.46. The molecule has 0 fully saturated rings. The number of rotatable bonds is 5. The van der Waals surface area contributed by atoms with Crippen LogP contribution in [0, 0.1) is 0 Å². The smallest absolute Gasteiger partial charge is 0.261 e. The van der Waals surface area contributed by atoms with Crippen LogP contribution in [-0.4, -0.2) is 18.6 Å². The number of anilines is 1. The Hall–Kier alpha value is -3.16. The zero-order valence-electron chi connectivity index (χ0n) is 14.4. The zero-order valence-corrected chi connectivity index (χ0v) is 16.0. The van der Waals surface area contributed by atoms with E-state index < -0.39 is 10.0 Å². The number of aromatic nitrogens is 2. The van der Waals surface area contributed by atoms with Gasteiger partial charge in [0.2, 0.25) is 11.8 Å². The molecule has 0 aliphatic heterocycles. The van der Waals surface area contributed by atoms with Crippen LogP contribution < -0.4 is 4.72 Å². The van der Waals surface area contributed by atoms with E-state index in [1.807, 2.05) is 30.3 Å². The Morgan fingerprint density at radius 2 is 1.43 bits per heavy atom. The van der Waals surface area contributed by atoms with E-state index in [1.54, 1.807) is 24.3 Å². The van der Waals surface area contributed by atoms with Crippen molar-refractivity contribution in [2.75, 3.05) is 4.72 Å². The minimum Gasteiger partial charge on any atom is -0.416 e. The van der Waals surface area contributed by atoms with Gasteiger partial charge in [0.25, 0.3) is 10.0 Å². The standard InChI is InChI=1S/C20H14ClN3O3S/c21-16-9-11-18(12-10-16)28(25,26)24-17-8-4-7-15(13-17)20-23-22-19(27-20)14-5-2-1-3-6-14/h1-13,24H. The molecule has 6 nitrogen and oxygen atoms in total. The van der Waals surface area contributed by atoms with Crippen LogP contribution in [-0.2, 0) is 10.0 Å². The van der Waals surface area contributed by atoms with Crippen LogP contribution >= 0.6 is 11.6 Å². The lowest BCUT2D eigenvalue weighted by molar-refractivity contribution is 0.584. The molecular weight excluding hydrogens is 398 g/mol. The first kappa shape index (κ1) is 18.2. The third kappa shape index (κ3) is 3.90. The van der Waals surface area contributed by atoms with Gasteiger partial charge in [-0.2, -0.15) is 0 Å². The van der Waals surface area contributed by atoms with Gasteiger partial charge in [-0.15, -0.1) is 10.2 Å². The quantitative estimate of drug-likeness (QED) is 0.507. The summed E-state index contributed by atoms with van der Waals surface area (Å²) in [6.07, 6.45) is 0. The summed E-state index contributed by atoms with van der Waals surface area (Å²) in [5, 5.41) is 8.58. The van der Waals surface area contributed by atoms with Gasteiger partial charge >= 0.3 is 0 Å². The third-order valence-electron chi connectivity index (χ3n) is 3.93. The topological polar surface area (TPSA) is 85.1 Å². The van der Waals surface area contributed by atoms with Crippen molar-refractivity contribution in [3.05, 3.63) is 83.9 Å². The van der Waals surface area contributed by atoms with Crippen LogP contribution in [0.3, 0.4) is 0 Å². The molecule has 0 radical (unpaired) electrons. The summed E-state index contributed by atoms with van der Waals surface area (Å²) in [5.74, 6) is 0.689. The van der Waals surface area contributed by atoms with Crippen molar-refractivity contribution in [1.29, 1.82) is 0 Å². The average Bonchev–Trinajstić information content (AvgIpc) is 3.19. The lowest BCUT2D eigenvalue weighted by Gasteiger charge is -2.08. The van der Waals surface area contributed by atoms with Crippen LogP contribution in [0.15, 0.2) is 88.2 Å². The van der Waals surface area contributed by atoms with E-state index in [1.165, 1.54) is 24.3 Å². The minimum absolute atomic E-state index is 0.117. The van der Waals surface area contributed by atoms with Crippen molar-refractivity contribution >= 4 is 27.3 Å². The number of benzene rings is 3. The van der Waals surface area contributed by atoms with Crippen molar-refractivity contribution in [2.45, 2.75) is 4.90 Å². The Morgan fingerprint density at radius 3 is 2.14 bits per heavy atom. The highest BCUT2D eigenvalue weighted by atomic mass is 35.5. The molecule has 0 aliphatic carbocycles. The van der Waals surface area contributed by atoms with Gasteiger partial charge in [-0.1, -0.05) is 35.9 Å². The summed E-state index contributed by atoms with van der Waals surface area (Å²) in [4.78, 5) is 0.117. The number of halogens is 1. The molecule has 4 rings (SSSR count). The Bertz CT molecular complexity index is 1210. The van der Waals surface area contributed by atoms with Gasteiger partial charge in [-0.3, -0.25) is 4.72 Å². The van der Waals surface area contributed by atoms with Crippen LogP contribution in [0.2, 0.25) is 5.02 Å². The summed E-state index contributed by atoms with van der Waals surface area (Å²) in [5.41, 5.74) is 1.79. The number of nitrogens with one attached hydrogen (secondary N) is 1. The van der Waals surface area contributed by atoms with Crippen LogP contribution in [0.4, 0.5) is 5.69 Å². The SMILES string of the molecule is O=S(=O)(Nc1cccc(-c2nnc(-c3ccccc3)o2)c1)c1ccc(Cl)cc1. The van der Waals surface area contributed by atoms with Crippen LogP contribution in [0.25, 0.3) is 22.9 Å². The number of hydrogen-bond acceptors (Lipinski definition) is 5. The molecular formula is C20H14ClN3O3S. The van der Waals surface area contributed by atoms with Gasteiger partial charge in [0.05, 0.1) is 4.90 Å². The Kier molecular flexibility index (Phi) is 4.85. The molecule has 28 heavy (non-hydrogen) atoms. The van der Waals surface area contributed by atoms with Crippen LogP contribution in [0.5, 0.6) is 0 Å². The fourth-order valence-corrected chi connectivity index (χ4v) is 3.76. The molecule has 0 unspecified atom stereocenters. The van der Waals surface area contributed by atoms with E-state index in [0.29, 0.717) is 28.1 Å². The molecule has 0 bridgehead atoms. The average molecular weight is 412 g/mol. The molecule has 0 aliphatic rings. The highest BCUT2D eigenvalue weighted by Crippen LogP contribution is 2.26. The monoisotopic (exact) mass is 411 g/mol. The van der Waals surface area contributed by atoms with E-state index in [9.17, 15) is 8.42 Å². The third-order valence-corrected chi connectivity index (χ3v) is 5.58. The maximum absolute atomic E-state index is 12.5. The number of sulfonamides is 1. The fourth-order valence-electron chi connectivity index (χ4n) is 2.58. The lowest BCUT2D eigenvalue weighted by atomic mass is 10.2. The largest absolute Gasteiger partial charge is 0.416 e. The Morgan fingerprint density at radius 1 is 0.786 bits per heavy atom. The van der Waals surface area contributed by atoms with E-state index in [4.69, 9.17) is 16.0 Å². The van der Waals surface area contributed by atoms with Crippen LogP contribution in [0.1, 0.15) is 0 Å². The van der Waals surface area contributed by atoms with E-state index >= 15 is 0 Å². The first-order chi connectivity index (χ1) is 13.5. The predicted molar refractivity (Wildman–Crippen MR) is 107 cm³/mol. The van der Waals surface area contributed by atoms with Crippen molar-refractivity contribution < 1.29 is 12.8 Å². The molecule has 0 atom stereocenters. The molecule has 0 amide bonds. The van der Waals surface area contributed by atoms with Gasteiger partial charge in [0, 0.05) is 21.8 Å². The van der Waals surface area contributed by atoms with Gasteiger partial charge in [0.1, 0.15) is 0 Å². The second-order valence-corrected chi connectivity index (χ2v) is 8.04. The molecule has 1 N–H and O–H groups in total. The molecule has 140 valence electrons. The lowest BCUT2D eigenvalue weighted by Crippen LogP contribution is -2.12. The molecule has 0 spiro atoms. The van der Waals surface area contributed by atoms with Gasteiger partial charge in [0.15, 0.2) is 0 Å². The maximum Gasteiger partial charge on any atom is 0.261 e. The summed E-state index contributed by atoms with van der Waals surface area (Å²) in [6.45, 7) is 0. The summed E-state index contributed by atoms with van der Waals surface area (Å²) >= 11 is 5.82. The van der Waals surface area contributed by atoms with Gasteiger partial charge in [-0.05, 0) is 54.6 Å². The number of nitrogens with zero attached hydrogens (tertiary/aromatic N) is 2. The molecule has 0 saturated carbocycles. The van der Waals surface area contributed by atoms with Crippen molar-refractivity contribution in [1.82, 2.24) is 10.2 Å². The molecule has 4 aromatic rings. The molecule has 0 saturated heterocycles. The van der Waals surface area contributed by atoms with Crippen molar-refractivity contribution in [3.63, 3.8) is 0 Å². The predicted octanol–water partition coefficient (Wildman–Crippen LogP) is 4.86. The van der Waals surface area contributed by atoms with E-state index in [-0.39, 0.29) is 4.90 Å². The second-order valence-electron chi connectivity index (χ2n) is 5.92. The van der Waals surface area contributed by atoms with Gasteiger partial charge < -0.3 is 4.42 Å². The molecule has 3 aromatic carbocycles. The van der Waals surface area contributed by atoms with E-state index in [0.717, 1.165) is 5.56 Å². The number of hydrogen-bond donors (Lipinski definition) is 1. The van der Waals surface area contributed by atoms with Gasteiger partial charge in [-0.25, -0.2) is 8.42 Å². The fraction of sp³-hybridized carbons (Fsp3) is 0. The van der Waals surface area contributed by atoms with E-state index in [2.05, 4.69) is 14.9 Å². The zero-order chi connectivity index (χ0) is 19.6. The summed E-state index contributed by atoms with van der Waals surface area (Å²) in [6, 6.07) is 22.1. The summed E-state index contributed by atoms with van der Waals surface area (Å²) < 4.78 is 33.4. The Balaban J connectivity index is 1.60. The molecule has 1 heterocycles. The minimum atomic E-state index is -3.74. The Labute approximate surface area is 166 Å². The molecule has 8 heteroatoms. The molecule has 1 aromatic heterocycles. The normalized spacial score (nSPS) is 11.3. The van der Waals surface area contributed by atoms with Crippen molar-refractivity contribution in [2.24, 2.45) is 0 Å². The highest BCUT2D eigenvalue weighted by molar-refractivity contribution is 7.92. The van der Waals surface area contributed by atoms with Crippen molar-refractivity contribution in [3.8, 4) is 22.9 Å². The summed E-state index contributed by atoms with van der Waals surface area (Å²) in [7, 11) is -3.74. The first-order valence-electron chi connectivity index (χ1n) is 8.29. The highest BCUT2D eigenvalue weighted by Gasteiger charge is 2.16. The first-order valence-corrected chi connectivity index (χ1v) is 10.2.